The quantitative estimate of drug-likeness (QED) is 0.930. The third-order valence-corrected chi connectivity index (χ3v) is 3.84. The Morgan fingerprint density at radius 2 is 2.05 bits per heavy atom. The second kappa shape index (κ2) is 4.93. The lowest BCUT2D eigenvalue weighted by molar-refractivity contribution is -0.146. The molecule has 0 fully saturated rings. The highest BCUT2D eigenvalue weighted by atomic mass is 16.4. The molecule has 0 atom stereocenters. The first-order valence-electron chi connectivity index (χ1n) is 6.91. The maximum absolute atomic E-state index is 11.3. The highest BCUT2D eigenvalue weighted by Crippen LogP contribution is 2.28. The van der Waals surface area contributed by atoms with Crippen molar-refractivity contribution in [2.45, 2.75) is 40.0 Å². The number of carboxylic acid groups (broad SMARTS) is 1. The predicted molar refractivity (Wildman–Crippen MR) is 79.9 cm³/mol. The number of carbonyl (C=O) groups is 1. The van der Waals surface area contributed by atoms with Crippen molar-refractivity contribution in [3.8, 4) is 0 Å². The Morgan fingerprint density at radius 3 is 2.60 bits per heavy atom. The van der Waals surface area contributed by atoms with Crippen LogP contribution in [0.5, 0.6) is 0 Å². The minimum atomic E-state index is -0.812. The molecule has 1 heterocycles. The molecule has 0 spiro atoms. The van der Waals surface area contributed by atoms with E-state index in [0.29, 0.717) is 12.3 Å². The van der Waals surface area contributed by atoms with E-state index < -0.39 is 11.4 Å². The minimum Gasteiger partial charge on any atom is -0.481 e. The zero-order chi connectivity index (χ0) is 15.1. The van der Waals surface area contributed by atoms with Crippen LogP contribution in [0, 0.1) is 5.41 Å². The summed E-state index contributed by atoms with van der Waals surface area (Å²) in [7, 11) is 1.95. The molecule has 2 aromatic rings. The van der Waals surface area contributed by atoms with Gasteiger partial charge in [-0.2, -0.15) is 0 Å². The van der Waals surface area contributed by atoms with Crippen molar-refractivity contribution < 1.29 is 9.90 Å². The largest absolute Gasteiger partial charge is 0.481 e. The van der Waals surface area contributed by atoms with Crippen LogP contribution in [0.1, 0.15) is 45.0 Å². The van der Waals surface area contributed by atoms with Crippen LogP contribution in [-0.4, -0.2) is 20.6 Å². The molecule has 0 saturated carbocycles. The van der Waals surface area contributed by atoms with Crippen molar-refractivity contribution in [3.05, 3.63) is 29.6 Å². The van der Waals surface area contributed by atoms with Gasteiger partial charge < -0.3 is 9.67 Å². The normalized spacial score (nSPS) is 12.3. The maximum Gasteiger partial charge on any atom is 0.309 e. The van der Waals surface area contributed by atoms with Gasteiger partial charge in [-0.25, -0.2) is 4.98 Å². The Labute approximate surface area is 119 Å². The van der Waals surface area contributed by atoms with Crippen molar-refractivity contribution in [1.29, 1.82) is 0 Å². The smallest absolute Gasteiger partial charge is 0.309 e. The Bertz CT molecular complexity index is 654. The molecule has 20 heavy (non-hydrogen) atoms. The van der Waals surface area contributed by atoms with Gasteiger partial charge in [0.15, 0.2) is 0 Å². The molecule has 1 aromatic heterocycles. The molecule has 4 nitrogen and oxygen atoms in total. The molecule has 0 unspecified atom stereocenters. The molecular weight excluding hydrogens is 252 g/mol. The summed E-state index contributed by atoms with van der Waals surface area (Å²) in [6.07, 6.45) is 0.422. The van der Waals surface area contributed by atoms with E-state index in [1.54, 1.807) is 13.8 Å². The van der Waals surface area contributed by atoms with Crippen LogP contribution in [0.15, 0.2) is 18.2 Å². The number of aliphatic carboxylic acids is 1. The molecule has 0 amide bonds. The first-order valence-corrected chi connectivity index (χ1v) is 6.91. The number of hydrogen-bond donors (Lipinski definition) is 1. The number of nitrogens with zero attached hydrogens (tertiary/aromatic N) is 2. The van der Waals surface area contributed by atoms with Crippen LogP contribution < -0.4 is 0 Å². The highest BCUT2D eigenvalue weighted by molar-refractivity contribution is 5.80. The average molecular weight is 274 g/mol. The van der Waals surface area contributed by atoms with E-state index in [-0.39, 0.29) is 0 Å². The molecule has 0 bridgehead atoms. The number of para-hydroxylation sites is 1. The zero-order valence-electron chi connectivity index (χ0n) is 12.8. The van der Waals surface area contributed by atoms with E-state index in [2.05, 4.69) is 19.9 Å². The number of imidazole rings is 1. The van der Waals surface area contributed by atoms with Gasteiger partial charge >= 0.3 is 5.97 Å². The molecule has 108 valence electrons. The van der Waals surface area contributed by atoms with Gasteiger partial charge in [0.05, 0.1) is 16.4 Å². The van der Waals surface area contributed by atoms with Crippen LogP contribution in [0.3, 0.4) is 0 Å². The SMILES string of the molecule is CC(C)c1cccc2c1nc(CC(C)(C)C(=O)O)n2C. The van der Waals surface area contributed by atoms with Crippen molar-refractivity contribution in [2.24, 2.45) is 12.5 Å². The first kappa shape index (κ1) is 14.6. The molecule has 0 aliphatic rings. The summed E-state index contributed by atoms with van der Waals surface area (Å²) in [5.74, 6) is 0.420. The maximum atomic E-state index is 11.3. The lowest BCUT2D eigenvalue weighted by Gasteiger charge is -2.18. The Morgan fingerprint density at radius 1 is 1.40 bits per heavy atom. The molecule has 0 radical (unpaired) electrons. The fourth-order valence-corrected chi connectivity index (χ4v) is 2.38. The Balaban J connectivity index is 2.54. The van der Waals surface area contributed by atoms with Crippen LogP contribution in [0.25, 0.3) is 11.0 Å². The number of aryl methyl sites for hydroxylation is 1. The van der Waals surface area contributed by atoms with Gasteiger partial charge in [-0.05, 0) is 31.4 Å². The number of carboxylic acids is 1. The van der Waals surface area contributed by atoms with E-state index in [1.165, 1.54) is 5.56 Å². The molecular formula is C16H22N2O2. The lowest BCUT2D eigenvalue weighted by atomic mass is 9.89. The van der Waals surface area contributed by atoms with Crippen molar-refractivity contribution >= 4 is 17.0 Å². The van der Waals surface area contributed by atoms with Crippen LogP contribution in [0.4, 0.5) is 0 Å². The fourth-order valence-electron chi connectivity index (χ4n) is 2.38. The average Bonchev–Trinajstić information content (AvgIpc) is 2.65. The first-order chi connectivity index (χ1) is 9.24. The molecule has 0 aliphatic heterocycles. The standard InChI is InChI=1S/C16H22N2O2/c1-10(2)11-7-6-8-12-14(11)17-13(18(12)5)9-16(3,4)15(19)20/h6-8,10H,9H2,1-5H3,(H,19,20). The zero-order valence-corrected chi connectivity index (χ0v) is 12.8. The summed E-state index contributed by atoms with van der Waals surface area (Å²) >= 11 is 0. The highest BCUT2D eigenvalue weighted by Gasteiger charge is 2.29. The van der Waals surface area contributed by atoms with Gasteiger partial charge in [0.1, 0.15) is 5.82 Å². The topological polar surface area (TPSA) is 55.1 Å². The molecule has 2 rings (SSSR count). The van der Waals surface area contributed by atoms with Gasteiger partial charge in [-0.15, -0.1) is 0 Å². The fraction of sp³-hybridized carbons (Fsp3) is 0.500. The summed E-state index contributed by atoms with van der Waals surface area (Å²) < 4.78 is 2.01. The van der Waals surface area contributed by atoms with Crippen molar-refractivity contribution in [1.82, 2.24) is 9.55 Å². The molecule has 4 heteroatoms. The molecule has 0 saturated heterocycles. The molecule has 0 aliphatic carbocycles. The summed E-state index contributed by atoms with van der Waals surface area (Å²) in [4.78, 5) is 16.0. The number of aromatic nitrogens is 2. The molecule has 1 aromatic carbocycles. The third kappa shape index (κ3) is 2.42. The van der Waals surface area contributed by atoms with E-state index in [4.69, 9.17) is 4.98 Å². The van der Waals surface area contributed by atoms with Crippen LogP contribution in [-0.2, 0) is 18.3 Å². The number of fused-ring (bicyclic) bond motifs is 1. The number of benzene rings is 1. The number of rotatable bonds is 4. The number of hydrogen-bond acceptors (Lipinski definition) is 2. The summed E-state index contributed by atoms with van der Waals surface area (Å²) in [5.41, 5.74) is 2.44. The summed E-state index contributed by atoms with van der Waals surface area (Å²) in [5, 5.41) is 9.27. The van der Waals surface area contributed by atoms with E-state index >= 15 is 0 Å². The molecule has 1 N–H and O–H groups in total. The van der Waals surface area contributed by atoms with Crippen molar-refractivity contribution in [3.63, 3.8) is 0 Å². The van der Waals surface area contributed by atoms with Gasteiger partial charge in [0, 0.05) is 13.5 Å². The summed E-state index contributed by atoms with van der Waals surface area (Å²) in [6, 6.07) is 6.16. The van der Waals surface area contributed by atoms with Crippen LogP contribution in [0.2, 0.25) is 0 Å². The third-order valence-electron chi connectivity index (χ3n) is 3.84. The lowest BCUT2D eigenvalue weighted by Crippen LogP contribution is -2.27. The van der Waals surface area contributed by atoms with Gasteiger partial charge in [0.25, 0.3) is 0 Å². The van der Waals surface area contributed by atoms with Crippen molar-refractivity contribution in [2.75, 3.05) is 0 Å². The van der Waals surface area contributed by atoms with E-state index in [0.717, 1.165) is 16.9 Å². The second-order valence-corrected chi connectivity index (χ2v) is 6.32. The summed E-state index contributed by atoms with van der Waals surface area (Å²) in [6.45, 7) is 7.75. The monoisotopic (exact) mass is 274 g/mol. The van der Waals surface area contributed by atoms with Gasteiger partial charge in [-0.1, -0.05) is 26.0 Å². The van der Waals surface area contributed by atoms with E-state index in [1.807, 2.05) is 23.7 Å². The van der Waals surface area contributed by atoms with Gasteiger partial charge in [-0.3, -0.25) is 4.79 Å². The Kier molecular flexibility index (Phi) is 3.59. The van der Waals surface area contributed by atoms with Gasteiger partial charge in [0.2, 0.25) is 0 Å². The Hall–Kier alpha value is -1.84. The van der Waals surface area contributed by atoms with E-state index in [9.17, 15) is 9.90 Å². The predicted octanol–water partition coefficient (Wildman–Crippen LogP) is 3.35. The van der Waals surface area contributed by atoms with Crippen LogP contribution >= 0.6 is 0 Å². The minimum absolute atomic E-state index is 0.397. The second-order valence-electron chi connectivity index (χ2n) is 6.32.